The van der Waals surface area contributed by atoms with Gasteiger partial charge in [-0.3, -0.25) is 9.36 Å². The predicted molar refractivity (Wildman–Crippen MR) is 115 cm³/mol. The molecule has 2 aromatic carbocycles. The lowest BCUT2D eigenvalue weighted by molar-refractivity contribution is 0.764. The van der Waals surface area contributed by atoms with Crippen LogP contribution in [0.3, 0.4) is 0 Å². The second-order valence-electron chi connectivity index (χ2n) is 6.48. The third-order valence-corrected chi connectivity index (χ3v) is 5.71. The highest BCUT2D eigenvalue weighted by Gasteiger charge is 2.10. The quantitative estimate of drug-likeness (QED) is 0.536. The summed E-state index contributed by atoms with van der Waals surface area (Å²) in [5, 5.41) is 11.5. The molecule has 3 aromatic rings. The summed E-state index contributed by atoms with van der Waals surface area (Å²) in [5.74, 6) is 1.38. The zero-order chi connectivity index (χ0) is 19.4. The van der Waals surface area contributed by atoms with Gasteiger partial charge in [0.05, 0.1) is 0 Å². The van der Waals surface area contributed by atoms with Crippen molar-refractivity contribution in [1.29, 1.82) is 0 Å². The van der Waals surface area contributed by atoms with E-state index in [0.717, 1.165) is 15.1 Å². The minimum Gasteiger partial charge on any atom is -0.324 e. The highest BCUT2D eigenvalue weighted by Crippen LogP contribution is 2.23. The Balaban J connectivity index is 1.72. The molecule has 0 saturated heterocycles. The van der Waals surface area contributed by atoms with E-state index < -0.39 is 0 Å². The number of hydrogen-bond acceptors (Lipinski definition) is 5. The summed E-state index contributed by atoms with van der Waals surface area (Å²) in [7, 11) is 1.70. The van der Waals surface area contributed by atoms with Crippen molar-refractivity contribution in [3.63, 3.8) is 0 Å². The first-order valence-electron chi connectivity index (χ1n) is 8.62. The van der Waals surface area contributed by atoms with E-state index in [1.807, 2.05) is 36.4 Å². The lowest BCUT2D eigenvalue weighted by Gasteiger charge is -2.11. The topological polar surface area (TPSA) is 59.8 Å². The van der Waals surface area contributed by atoms with Crippen LogP contribution in [0.5, 0.6) is 0 Å². The maximum absolute atomic E-state index is 12.6. The Kier molecular flexibility index (Phi) is 6.34. The summed E-state index contributed by atoms with van der Waals surface area (Å²) in [4.78, 5) is 13.7. The van der Waals surface area contributed by atoms with Crippen molar-refractivity contribution < 1.29 is 0 Å². The number of thioether (sulfide) groups is 1. The fourth-order valence-electron chi connectivity index (χ4n) is 2.47. The van der Waals surface area contributed by atoms with Crippen molar-refractivity contribution in [1.82, 2.24) is 14.8 Å². The van der Waals surface area contributed by atoms with Crippen molar-refractivity contribution in [3.8, 4) is 0 Å². The van der Waals surface area contributed by atoms with Gasteiger partial charge in [0.1, 0.15) is 5.69 Å². The van der Waals surface area contributed by atoms with E-state index in [9.17, 15) is 4.79 Å². The number of halogens is 1. The van der Waals surface area contributed by atoms with Crippen molar-refractivity contribution in [3.05, 3.63) is 74.6 Å². The monoisotopic (exact) mass is 444 g/mol. The third-order valence-electron chi connectivity index (χ3n) is 4.16. The molecule has 1 aromatic heterocycles. The Bertz CT molecular complexity index is 969. The van der Waals surface area contributed by atoms with Gasteiger partial charge in [0.25, 0.3) is 5.56 Å². The number of benzene rings is 2. The van der Waals surface area contributed by atoms with E-state index in [2.05, 4.69) is 57.4 Å². The molecule has 0 radical (unpaired) electrons. The number of aromatic nitrogens is 3. The molecule has 0 bridgehead atoms. The van der Waals surface area contributed by atoms with Gasteiger partial charge in [0.15, 0.2) is 0 Å². The van der Waals surface area contributed by atoms with E-state index >= 15 is 0 Å². The summed E-state index contributed by atoms with van der Waals surface area (Å²) in [5.41, 5.74) is 2.43. The average Bonchev–Trinajstić information content (AvgIpc) is 2.66. The Labute approximate surface area is 171 Å². The third kappa shape index (κ3) is 4.99. The molecule has 0 aliphatic carbocycles. The first kappa shape index (κ1) is 19.6. The van der Waals surface area contributed by atoms with Gasteiger partial charge in [-0.25, -0.2) is 0 Å². The van der Waals surface area contributed by atoms with Crippen LogP contribution in [-0.2, 0) is 12.8 Å². The van der Waals surface area contributed by atoms with Crippen LogP contribution in [0.15, 0.2) is 62.7 Å². The first-order valence-corrected chi connectivity index (χ1v) is 10.4. The second kappa shape index (κ2) is 8.71. The molecule has 0 fully saturated rings. The van der Waals surface area contributed by atoms with Crippen LogP contribution in [0.2, 0.25) is 0 Å². The maximum atomic E-state index is 12.6. The Morgan fingerprint density at radius 2 is 1.74 bits per heavy atom. The largest absolute Gasteiger partial charge is 0.324 e. The summed E-state index contributed by atoms with van der Waals surface area (Å²) in [6.45, 7) is 4.31. The van der Waals surface area contributed by atoms with Crippen LogP contribution in [-0.4, -0.2) is 14.8 Å². The Hall–Kier alpha value is -2.12. The van der Waals surface area contributed by atoms with E-state index in [1.165, 1.54) is 10.1 Å². The number of anilines is 2. The van der Waals surface area contributed by atoms with Gasteiger partial charge >= 0.3 is 0 Å². The molecule has 27 heavy (non-hydrogen) atoms. The zero-order valence-corrected chi connectivity index (χ0v) is 17.8. The average molecular weight is 445 g/mol. The van der Waals surface area contributed by atoms with Crippen molar-refractivity contribution in [2.45, 2.75) is 30.4 Å². The SMILES string of the molecule is CC(C)c1ccc(Nc2nnc(CSc3ccc(Br)cc3)c(=O)n2C)cc1. The molecule has 5 nitrogen and oxygen atoms in total. The molecule has 0 unspecified atom stereocenters. The molecule has 0 spiro atoms. The molecule has 1 N–H and O–H groups in total. The van der Waals surface area contributed by atoms with Gasteiger partial charge in [-0.05, 0) is 47.9 Å². The molecule has 0 atom stereocenters. The fourth-order valence-corrected chi connectivity index (χ4v) is 3.55. The normalized spacial score (nSPS) is 11.0. The van der Waals surface area contributed by atoms with Crippen LogP contribution < -0.4 is 10.9 Å². The maximum Gasteiger partial charge on any atom is 0.277 e. The number of rotatable bonds is 6. The lowest BCUT2D eigenvalue weighted by atomic mass is 10.0. The Morgan fingerprint density at radius 1 is 1.07 bits per heavy atom. The number of hydrogen-bond donors (Lipinski definition) is 1. The van der Waals surface area contributed by atoms with Crippen LogP contribution in [0, 0.1) is 0 Å². The fraction of sp³-hybridized carbons (Fsp3) is 0.250. The first-order chi connectivity index (χ1) is 12.9. The van der Waals surface area contributed by atoms with E-state index in [4.69, 9.17) is 0 Å². The van der Waals surface area contributed by atoms with Crippen molar-refractivity contribution in [2.75, 3.05) is 5.32 Å². The molecular formula is C20H21BrN4OS. The molecular weight excluding hydrogens is 424 g/mol. The Morgan fingerprint density at radius 3 is 2.37 bits per heavy atom. The van der Waals surface area contributed by atoms with Gasteiger partial charge in [0, 0.05) is 27.9 Å². The van der Waals surface area contributed by atoms with E-state index in [0.29, 0.717) is 23.3 Å². The van der Waals surface area contributed by atoms with E-state index in [-0.39, 0.29) is 5.56 Å². The minimum atomic E-state index is -0.143. The van der Waals surface area contributed by atoms with E-state index in [1.54, 1.807) is 18.8 Å². The molecule has 0 aliphatic rings. The second-order valence-corrected chi connectivity index (χ2v) is 8.44. The number of nitrogens with one attached hydrogen (secondary N) is 1. The van der Waals surface area contributed by atoms with Crippen molar-refractivity contribution in [2.24, 2.45) is 7.05 Å². The standard InChI is InChI=1S/C20H21BrN4OS/c1-13(2)14-4-8-16(9-5-14)22-20-24-23-18(19(26)25(20)3)12-27-17-10-6-15(21)7-11-17/h4-11,13H,12H2,1-3H3,(H,22,24). The van der Waals surface area contributed by atoms with Crippen LogP contribution >= 0.6 is 27.7 Å². The van der Waals surface area contributed by atoms with Gasteiger partial charge in [-0.1, -0.05) is 41.9 Å². The van der Waals surface area contributed by atoms with Crippen molar-refractivity contribution >= 4 is 39.3 Å². The molecule has 0 amide bonds. The van der Waals surface area contributed by atoms with Crippen LogP contribution in [0.1, 0.15) is 31.0 Å². The van der Waals surface area contributed by atoms with Crippen LogP contribution in [0.25, 0.3) is 0 Å². The molecule has 1 heterocycles. The lowest BCUT2D eigenvalue weighted by Crippen LogP contribution is -2.26. The zero-order valence-electron chi connectivity index (χ0n) is 15.4. The summed E-state index contributed by atoms with van der Waals surface area (Å²) >= 11 is 4.98. The summed E-state index contributed by atoms with van der Waals surface area (Å²) in [6, 6.07) is 16.1. The minimum absolute atomic E-state index is 0.143. The summed E-state index contributed by atoms with van der Waals surface area (Å²) in [6.07, 6.45) is 0. The molecule has 0 saturated carbocycles. The highest BCUT2D eigenvalue weighted by atomic mass is 79.9. The smallest absolute Gasteiger partial charge is 0.277 e. The molecule has 7 heteroatoms. The molecule has 140 valence electrons. The number of nitrogens with zero attached hydrogens (tertiary/aromatic N) is 3. The van der Waals surface area contributed by atoms with Gasteiger partial charge in [-0.15, -0.1) is 22.0 Å². The van der Waals surface area contributed by atoms with Gasteiger partial charge in [-0.2, -0.15) is 0 Å². The molecule has 3 rings (SSSR count). The molecule has 0 aliphatic heterocycles. The highest BCUT2D eigenvalue weighted by molar-refractivity contribution is 9.10. The van der Waals surface area contributed by atoms with Crippen LogP contribution in [0.4, 0.5) is 11.6 Å². The predicted octanol–water partition coefficient (Wildman–Crippen LogP) is 5.10. The van der Waals surface area contributed by atoms with Gasteiger partial charge in [0.2, 0.25) is 5.95 Å². The summed E-state index contributed by atoms with van der Waals surface area (Å²) < 4.78 is 2.53. The van der Waals surface area contributed by atoms with Gasteiger partial charge < -0.3 is 5.32 Å².